The summed E-state index contributed by atoms with van der Waals surface area (Å²) in [6, 6.07) is 8.71. The van der Waals surface area contributed by atoms with E-state index in [4.69, 9.17) is 23.9 Å². The summed E-state index contributed by atoms with van der Waals surface area (Å²) in [5.41, 5.74) is -0.752. The SMILES string of the molecule is CCC1(OC(=O)CNC(=O)OC(C)(C)C)C(=O)OC([Si](C)(C)C(C)C)c2c1cc1n(c2=O)Cc2cc3cc(OC(C)=O)ccc3nc2-1. The molecule has 4 heterocycles. The van der Waals surface area contributed by atoms with Crippen LogP contribution in [0.1, 0.15) is 77.3 Å². The Morgan fingerprint density at radius 1 is 1.15 bits per heavy atom. The highest BCUT2D eigenvalue weighted by molar-refractivity contribution is 6.79. The molecule has 2 aliphatic heterocycles. The number of hydrogen-bond acceptors (Lipinski definition) is 10. The number of alkyl carbamates (subject to hydrolysis) is 1. The molecule has 2 aliphatic rings. The molecule has 0 bridgehead atoms. The van der Waals surface area contributed by atoms with E-state index >= 15 is 0 Å². The zero-order chi connectivity index (χ0) is 34.6. The zero-order valence-corrected chi connectivity index (χ0v) is 29.2. The number of pyridine rings is 2. The van der Waals surface area contributed by atoms with E-state index < -0.39 is 55.5 Å². The third-order valence-corrected chi connectivity index (χ3v) is 13.7. The van der Waals surface area contributed by atoms with E-state index in [0.717, 1.165) is 10.9 Å². The van der Waals surface area contributed by atoms with Crippen LogP contribution in [0.25, 0.3) is 22.3 Å². The first kappa shape index (κ1) is 33.8. The minimum absolute atomic E-state index is 0.0206. The van der Waals surface area contributed by atoms with Gasteiger partial charge in [-0.1, -0.05) is 33.9 Å². The van der Waals surface area contributed by atoms with Gasteiger partial charge >= 0.3 is 24.0 Å². The number of fused-ring (bicyclic) bond motifs is 5. The summed E-state index contributed by atoms with van der Waals surface area (Å²) in [6.45, 7) is 16.0. The van der Waals surface area contributed by atoms with Gasteiger partial charge in [0.25, 0.3) is 5.56 Å². The summed E-state index contributed by atoms with van der Waals surface area (Å²) in [7, 11) is -2.47. The van der Waals surface area contributed by atoms with Gasteiger partial charge in [0, 0.05) is 23.4 Å². The van der Waals surface area contributed by atoms with Gasteiger partial charge in [-0.05, 0) is 63.1 Å². The van der Waals surface area contributed by atoms with Crippen molar-refractivity contribution in [3.05, 3.63) is 57.4 Å². The summed E-state index contributed by atoms with van der Waals surface area (Å²) in [5, 5.41) is 3.10. The molecule has 0 saturated heterocycles. The van der Waals surface area contributed by atoms with E-state index in [1.165, 1.54) is 6.92 Å². The van der Waals surface area contributed by atoms with E-state index in [1.54, 1.807) is 56.5 Å². The van der Waals surface area contributed by atoms with Crippen LogP contribution in [0.5, 0.6) is 5.75 Å². The van der Waals surface area contributed by atoms with Crippen molar-refractivity contribution in [2.24, 2.45) is 0 Å². The van der Waals surface area contributed by atoms with Crippen LogP contribution in [0, 0.1) is 0 Å². The third kappa shape index (κ3) is 6.16. The number of cyclic esters (lactones) is 1. The summed E-state index contributed by atoms with van der Waals surface area (Å²) in [6.07, 6.45) is -0.838. The molecule has 2 atom stereocenters. The van der Waals surface area contributed by atoms with Crippen molar-refractivity contribution in [1.29, 1.82) is 0 Å². The minimum Gasteiger partial charge on any atom is -0.458 e. The molecule has 1 amide bonds. The van der Waals surface area contributed by atoms with Crippen molar-refractivity contribution in [1.82, 2.24) is 14.9 Å². The molecule has 0 saturated carbocycles. The fraction of sp³-hybridized carbons (Fsp3) is 0.471. The maximum atomic E-state index is 14.6. The molecule has 2 aromatic heterocycles. The average molecular weight is 664 g/mol. The van der Waals surface area contributed by atoms with E-state index in [1.807, 2.05) is 19.9 Å². The van der Waals surface area contributed by atoms with E-state index in [-0.39, 0.29) is 29.6 Å². The number of nitrogens with one attached hydrogen (secondary N) is 1. The van der Waals surface area contributed by atoms with Gasteiger partial charge in [-0.15, -0.1) is 0 Å². The lowest BCUT2D eigenvalue weighted by atomic mass is 9.85. The number of nitrogens with zero attached hydrogens (tertiary/aromatic N) is 2. The number of hydrogen-bond donors (Lipinski definition) is 1. The lowest BCUT2D eigenvalue weighted by Gasteiger charge is -2.44. The van der Waals surface area contributed by atoms with E-state index in [9.17, 15) is 24.0 Å². The zero-order valence-electron chi connectivity index (χ0n) is 28.2. The first-order chi connectivity index (χ1) is 21.9. The lowest BCUT2D eigenvalue weighted by Crippen LogP contribution is -2.55. The monoisotopic (exact) mass is 663 g/mol. The van der Waals surface area contributed by atoms with Crippen LogP contribution in [-0.4, -0.2) is 53.8 Å². The molecular weight excluding hydrogens is 622 g/mol. The van der Waals surface area contributed by atoms with Crippen molar-refractivity contribution >= 4 is 43.0 Å². The Bertz CT molecular complexity index is 1880. The Morgan fingerprint density at radius 2 is 1.85 bits per heavy atom. The Kier molecular flexibility index (Phi) is 8.59. The van der Waals surface area contributed by atoms with Crippen molar-refractivity contribution in [2.45, 2.75) is 97.0 Å². The van der Waals surface area contributed by atoms with Crippen molar-refractivity contribution in [3.8, 4) is 17.1 Å². The number of aromatic nitrogens is 2. The predicted octanol–water partition coefficient (Wildman–Crippen LogP) is 5.28. The van der Waals surface area contributed by atoms with Gasteiger partial charge in [0.2, 0.25) is 5.60 Å². The summed E-state index contributed by atoms with van der Waals surface area (Å²) < 4.78 is 24.1. The largest absolute Gasteiger partial charge is 0.458 e. The summed E-state index contributed by atoms with van der Waals surface area (Å²) in [4.78, 5) is 70.4. The fourth-order valence-electron chi connectivity index (χ4n) is 5.93. The molecule has 3 aromatic rings. The lowest BCUT2D eigenvalue weighted by molar-refractivity contribution is -0.190. The summed E-state index contributed by atoms with van der Waals surface area (Å²) in [5.74, 6) is -1.72. The molecule has 0 aliphatic carbocycles. The first-order valence-electron chi connectivity index (χ1n) is 15.7. The van der Waals surface area contributed by atoms with Gasteiger partial charge in [-0.3, -0.25) is 14.4 Å². The van der Waals surface area contributed by atoms with Crippen LogP contribution in [-0.2, 0) is 40.7 Å². The molecule has 2 unspecified atom stereocenters. The van der Waals surface area contributed by atoms with Gasteiger partial charge in [0.1, 0.15) is 31.7 Å². The number of benzene rings is 1. The maximum Gasteiger partial charge on any atom is 0.408 e. The van der Waals surface area contributed by atoms with Gasteiger partial charge in [0.05, 0.1) is 29.0 Å². The third-order valence-electron chi connectivity index (χ3n) is 9.01. The number of carbonyl (C=O) groups excluding carboxylic acids is 4. The van der Waals surface area contributed by atoms with Gasteiger partial charge in [-0.25, -0.2) is 14.6 Å². The number of esters is 3. The topological polar surface area (TPSA) is 152 Å². The molecule has 0 fully saturated rings. The van der Waals surface area contributed by atoms with E-state index in [2.05, 4.69) is 18.4 Å². The molecule has 250 valence electrons. The van der Waals surface area contributed by atoms with Gasteiger partial charge in [0.15, 0.2) is 0 Å². The molecular formula is C34H41N3O9Si. The number of ether oxygens (including phenoxy) is 4. The molecule has 0 radical (unpaired) electrons. The minimum atomic E-state index is -2.47. The molecule has 0 spiro atoms. The maximum absolute atomic E-state index is 14.6. The Hall–Kier alpha value is -4.52. The van der Waals surface area contributed by atoms with Gasteiger partial charge < -0.3 is 28.8 Å². The van der Waals surface area contributed by atoms with Crippen LogP contribution < -0.4 is 15.6 Å². The Morgan fingerprint density at radius 3 is 2.47 bits per heavy atom. The Labute approximate surface area is 273 Å². The highest BCUT2D eigenvalue weighted by Crippen LogP contribution is 2.48. The van der Waals surface area contributed by atoms with Crippen molar-refractivity contribution in [2.75, 3.05) is 6.54 Å². The fourth-order valence-corrected chi connectivity index (χ4v) is 7.97. The molecule has 5 rings (SSSR count). The quantitative estimate of drug-likeness (QED) is 0.120. The van der Waals surface area contributed by atoms with Crippen molar-refractivity contribution in [3.63, 3.8) is 0 Å². The van der Waals surface area contributed by atoms with Gasteiger partial charge in [-0.2, -0.15) is 0 Å². The predicted molar refractivity (Wildman–Crippen MR) is 176 cm³/mol. The number of carbonyl (C=O) groups is 4. The molecule has 1 aromatic carbocycles. The first-order valence-corrected chi connectivity index (χ1v) is 18.8. The van der Waals surface area contributed by atoms with Crippen molar-refractivity contribution < 1.29 is 38.1 Å². The second-order valence-electron chi connectivity index (χ2n) is 14.0. The normalized spacial score (nSPS) is 18.6. The molecule has 13 heteroatoms. The summed E-state index contributed by atoms with van der Waals surface area (Å²) >= 11 is 0. The van der Waals surface area contributed by atoms with Crippen LogP contribution in [0.4, 0.5) is 4.79 Å². The van der Waals surface area contributed by atoms with Crippen LogP contribution in [0.2, 0.25) is 18.6 Å². The number of amides is 1. The second-order valence-corrected chi connectivity index (χ2v) is 19.3. The highest BCUT2D eigenvalue weighted by atomic mass is 28.3. The molecule has 1 N–H and O–H groups in total. The van der Waals surface area contributed by atoms with Crippen LogP contribution in [0.3, 0.4) is 0 Å². The Balaban J connectivity index is 1.64. The highest BCUT2D eigenvalue weighted by Gasteiger charge is 2.56. The van der Waals surface area contributed by atoms with Crippen LogP contribution in [0.15, 0.2) is 35.1 Å². The van der Waals surface area contributed by atoms with E-state index in [0.29, 0.717) is 28.2 Å². The smallest absolute Gasteiger partial charge is 0.408 e. The average Bonchev–Trinajstić information content (AvgIpc) is 3.32. The molecule has 47 heavy (non-hydrogen) atoms. The standard InChI is InChI=1S/C34H41N3O9Si/c1-10-34(45-26(39)16-35-32(42)46-33(5,6)7)23-15-25-28-21(13-20-14-22(43-19(4)38)11-12-24(20)36-28)17-37(25)29(40)27(23)30(44-31(34)41)47(8,9)18(2)3/h11-15,18,30H,10,16-17H2,1-9H3,(H,35,42). The second kappa shape index (κ2) is 11.9. The number of rotatable bonds is 7. The van der Waals surface area contributed by atoms with Crippen LogP contribution >= 0.6 is 0 Å². The molecule has 12 nitrogen and oxygen atoms in total.